The van der Waals surface area contributed by atoms with Crippen molar-refractivity contribution in [1.29, 1.82) is 0 Å². The highest BCUT2D eigenvalue weighted by Crippen LogP contribution is 2.22. The Morgan fingerprint density at radius 3 is 2.10 bits per heavy atom. The van der Waals surface area contributed by atoms with Crippen LogP contribution in [0.1, 0.15) is 61.1 Å². The molecule has 0 unspecified atom stereocenters. The van der Waals surface area contributed by atoms with Crippen molar-refractivity contribution in [2.45, 2.75) is 65.3 Å². The minimum absolute atomic E-state index is 0.0139. The first-order valence-electron chi connectivity index (χ1n) is 10.6. The van der Waals surface area contributed by atoms with Gasteiger partial charge in [0.1, 0.15) is 0 Å². The zero-order valence-electron chi connectivity index (χ0n) is 19.0. The fourth-order valence-electron chi connectivity index (χ4n) is 3.64. The number of benzene rings is 2. The zero-order chi connectivity index (χ0) is 22.5. The number of hydrogen-bond acceptors (Lipinski definition) is 3. The summed E-state index contributed by atoms with van der Waals surface area (Å²) < 4.78 is 26.6. The number of carbonyl (C=O) groups is 1. The second-order valence-corrected chi connectivity index (χ2v) is 9.75. The van der Waals surface area contributed by atoms with E-state index in [1.54, 1.807) is 24.3 Å². The van der Waals surface area contributed by atoms with E-state index in [9.17, 15) is 13.2 Å². The molecule has 164 valence electrons. The van der Waals surface area contributed by atoms with Crippen LogP contribution in [0.5, 0.6) is 0 Å². The van der Waals surface area contributed by atoms with Crippen LogP contribution in [0, 0.1) is 20.8 Å². The molecular weight excluding hydrogens is 396 g/mol. The zero-order valence-corrected chi connectivity index (χ0v) is 19.8. The smallest absolute Gasteiger partial charge is 0.243 e. The van der Waals surface area contributed by atoms with E-state index in [0.717, 1.165) is 11.1 Å². The van der Waals surface area contributed by atoms with Gasteiger partial charge >= 0.3 is 0 Å². The molecule has 1 N–H and O–H groups in total. The third kappa shape index (κ3) is 5.70. The minimum atomic E-state index is -3.45. The summed E-state index contributed by atoms with van der Waals surface area (Å²) in [6.07, 6.45) is 0.923. The molecule has 0 fully saturated rings. The first-order chi connectivity index (χ1) is 14.1. The molecule has 2 aromatic rings. The first kappa shape index (κ1) is 24.1. The van der Waals surface area contributed by atoms with Crippen molar-refractivity contribution in [3.8, 4) is 0 Å². The lowest BCUT2D eigenvalue weighted by molar-refractivity contribution is -0.121. The topological polar surface area (TPSA) is 66.5 Å². The Morgan fingerprint density at radius 1 is 0.967 bits per heavy atom. The molecule has 5 nitrogen and oxygen atoms in total. The van der Waals surface area contributed by atoms with Crippen molar-refractivity contribution < 1.29 is 13.2 Å². The highest BCUT2D eigenvalue weighted by atomic mass is 32.2. The Bertz CT molecular complexity index is 978. The molecule has 0 aromatic heterocycles. The molecule has 0 aliphatic rings. The molecule has 0 heterocycles. The minimum Gasteiger partial charge on any atom is -0.350 e. The van der Waals surface area contributed by atoms with Gasteiger partial charge in [0.25, 0.3) is 0 Å². The third-order valence-electron chi connectivity index (χ3n) is 5.63. The molecule has 2 rings (SSSR count). The van der Waals surface area contributed by atoms with Gasteiger partial charge in [-0.3, -0.25) is 4.79 Å². The lowest BCUT2D eigenvalue weighted by Crippen LogP contribution is -2.30. The molecule has 30 heavy (non-hydrogen) atoms. The summed E-state index contributed by atoms with van der Waals surface area (Å²) in [7, 11) is -3.45. The molecule has 2 aromatic carbocycles. The highest BCUT2D eigenvalue weighted by Gasteiger charge is 2.21. The van der Waals surface area contributed by atoms with Crippen LogP contribution in [0.2, 0.25) is 0 Å². The SMILES string of the molecule is CCN(CC)S(=O)(=O)c1ccc(CCC(=O)N[C@H](C)c2cc(C)c(C)cc2C)cc1. The highest BCUT2D eigenvalue weighted by molar-refractivity contribution is 7.89. The van der Waals surface area contributed by atoms with Crippen molar-refractivity contribution in [3.05, 3.63) is 64.2 Å². The molecule has 1 amide bonds. The molecule has 1 atom stereocenters. The maximum absolute atomic E-state index is 12.6. The molecule has 6 heteroatoms. The number of sulfonamides is 1. The van der Waals surface area contributed by atoms with E-state index in [4.69, 9.17) is 0 Å². The third-order valence-corrected chi connectivity index (χ3v) is 7.70. The fourth-order valence-corrected chi connectivity index (χ4v) is 5.10. The Balaban J connectivity index is 1.97. The van der Waals surface area contributed by atoms with Gasteiger partial charge in [-0.15, -0.1) is 0 Å². The molecule has 0 aliphatic heterocycles. The average molecular weight is 431 g/mol. The Kier molecular flexibility index (Phi) is 8.21. The number of aryl methyl sites for hydroxylation is 4. The molecule has 0 saturated carbocycles. The number of nitrogens with one attached hydrogen (secondary N) is 1. The van der Waals surface area contributed by atoms with Gasteiger partial charge < -0.3 is 5.32 Å². The fraction of sp³-hybridized carbons (Fsp3) is 0.458. The lowest BCUT2D eigenvalue weighted by Gasteiger charge is -2.19. The van der Waals surface area contributed by atoms with E-state index in [1.807, 2.05) is 20.8 Å². The largest absolute Gasteiger partial charge is 0.350 e. The summed E-state index contributed by atoms with van der Waals surface area (Å²) in [4.78, 5) is 12.7. The van der Waals surface area contributed by atoms with Gasteiger partial charge in [0, 0.05) is 19.5 Å². The van der Waals surface area contributed by atoms with E-state index in [1.165, 1.54) is 21.0 Å². The molecular formula is C24H34N2O3S. The van der Waals surface area contributed by atoms with Crippen molar-refractivity contribution in [2.75, 3.05) is 13.1 Å². The molecule has 0 aliphatic carbocycles. The maximum Gasteiger partial charge on any atom is 0.243 e. The van der Waals surface area contributed by atoms with Gasteiger partial charge in [0.05, 0.1) is 10.9 Å². The van der Waals surface area contributed by atoms with Crippen molar-refractivity contribution >= 4 is 15.9 Å². The normalized spacial score (nSPS) is 12.8. The van der Waals surface area contributed by atoms with E-state index < -0.39 is 10.0 Å². The van der Waals surface area contributed by atoms with E-state index in [2.05, 4.69) is 38.2 Å². The van der Waals surface area contributed by atoms with Crippen LogP contribution in [-0.2, 0) is 21.2 Å². The Hall–Kier alpha value is -2.18. The van der Waals surface area contributed by atoms with E-state index in [-0.39, 0.29) is 11.9 Å². The van der Waals surface area contributed by atoms with Gasteiger partial charge in [-0.2, -0.15) is 4.31 Å². The Labute approximate surface area is 181 Å². The number of rotatable bonds is 9. The van der Waals surface area contributed by atoms with Crippen LogP contribution < -0.4 is 5.32 Å². The maximum atomic E-state index is 12.6. The van der Waals surface area contributed by atoms with Gasteiger partial charge in [0.15, 0.2) is 0 Å². The molecule has 0 bridgehead atoms. The van der Waals surface area contributed by atoms with Crippen LogP contribution in [0.3, 0.4) is 0 Å². The number of nitrogens with zero attached hydrogens (tertiary/aromatic N) is 1. The van der Waals surface area contributed by atoms with Crippen molar-refractivity contribution in [1.82, 2.24) is 9.62 Å². The summed E-state index contributed by atoms with van der Waals surface area (Å²) in [6, 6.07) is 11.1. The molecule has 0 spiro atoms. The number of carbonyl (C=O) groups excluding carboxylic acids is 1. The van der Waals surface area contributed by atoms with E-state index in [0.29, 0.717) is 30.8 Å². The molecule has 0 saturated heterocycles. The predicted octanol–water partition coefficient (Wildman–Crippen LogP) is 4.45. The number of amides is 1. The summed E-state index contributed by atoms with van der Waals surface area (Å²) in [5.41, 5.74) is 5.73. The van der Waals surface area contributed by atoms with Gasteiger partial charge in [-0.1, -0.05) is 38.1 Å². The van der Waals surface area contributed by atoms with Crippen LogP contribution >= 0.6 is 0 Å². The summed E-state index contributed by atoms with van der Waals surface area (Å²) in [5, 5.41) is 3.08. The van der Waals surface area contributed by atoms with E-state index >= 15 is 0 Å². The Morgan fingerprint density at radius 2 is 1.53 bits per heavy atom. The number of hydrogen-bond donors (Lipinski definition) is 1. The standard InChI is InChI=1S/C24H34N2O3S/c1-7-26(8-2)30(28,29)22-12-9-21(10-13-22)11-14-24(27)25-20(6)23-16-18(4)17(3)15-19(23)5/h9-10,12-13,15-16,20H,7-8,11,14H2,1-6H3,(H,25,27)/t20-/m1/s1. The predicted molar refractivity (Wildman–Crippen MR) is 122 cm³/mol. The van der Waals surface area contributed by atoms with Crippen LogP contribution in [0.4, 0.5) is 0 Å². The second kappa shape index (κ2) is 10.2. The average Bonchev–Trinajstić information content (AvgIpc) is 2.70. The van der Waals surface area contributed by atoms with Gasteiger partial charge in [-0.05, 0) is 74.1 Å². The second-order valence-electron chi connectivity index (χ2n) is 7.82. The monoisotopic (exact) mass is 430 g/mol. The lowest BCUT2D eigenvalue weighted by atomic mass is 9.96. The van der Waals surface area contributed by atoms with Crippen LogP contribution in [0.25, 0.3) is 0 Å². The van der Waals surface area contributed by atoms with Gasteiger partial charge in [-0.25, -0.2) is 8.42 Å². The summed E-state index contributed by atoms with van der Waals surface area (Å²) >= 11 is 0. The van der Waals surface area contributed by atoms with Crippen molar-refractivity contribution in [2.24, 2.45) is 0 Å². The van der Waals surface area contributed by atoms with Crippen LogP contribution in [-0.4, -0.2) is 31.7 Å². The van der Waals surface area contributed by atoms with Crippen molar-refractivity contribution in [3.63, 3.8) is 0 Å². The van der Waals surface area contributed by atoms with Gasteiger partial charge in [0.2, 0.25) is 15.9 Å². The quantitative estimate of drug-likeness (QED) is 0.639. The molecule has 0 radical (unpaired) electrons. The first-order valence-corrected chi connectivity index (χ1v) is 12.0. The van der Waals surface area contributed by atoms with Crippen LogP contribution in [0.15, 0.2) is 41.3 Å². The summed E-state index contributed by atoms with van der Waals surface area (Å²) in [6.45, 7) is 12.8. The summed E-state index contributed by atoms with van der Waals surface area (Å²) in [5.74, 6) is -0.0139.